The summed E-state index contributed by atoms with van der Waals surface area (Å²) in [7, 11) is 0. The Labute approximate surface area is 100 Å². The summed E-state index contributed by atoms with van der Waals surface area (Å²) in [4.78, 5) is 11.8. The largest absolute Gasteiger partial charge is 0.504 e. The van der Waals surface area contributed by atoms with Gasteiger partial charge in [-0.1, -0.05) is 6.07 Å². The molecular weight excluding hydrogens is 220 g/mol. The highest BCUT2D eigenvalue weighted by molar-refractivity contribution is 5.97. The van der Waals surface area contributed by atoms with Crippen LogP contribution in [0.15, 0.2) is 18.2 Å². The maximum atomic E-state index is 11.8. The van der Waals surface area contributed by atoms with Crippen molar-refractivity contribution in [2.45, 2.75) is 32.4 Å². The second-order valence-corrected chi connectivity index (χ2v) is 4.26. The molecule has 0 fully saturated rings. The van der Waals surface area contributed by atoms with E-state index in [4.69, 9.17) is 5.73 Å². The lowest BCUT2D eigenvalue weighted by Crippen LogP contribution is -2.36. The van der Waals surface area contributed by atoms with Gasteiger partial charge in [0.2, 0.25) is 0 Å². The average Bonchev–Trinajstić information content (AvgIpc) is 2.20. The van der Waals surface area contributed by atoms with Crippen LogP contribution in [0.3, 0.4) is 0 Å². The predicted octanol–water partition coefficient (Wildman–Crippen LogP) is 0.953. The molecule has 1 aromatic carbocycles. The molecule has 17 heavy (non-hydrogen) atoms. The van der Waals surface area contributed by atoms with Gasteiger partial charge in [-0.25, -0.2) is 0 Å². The van der Waals surface area contributed by atoms with Crippen molar-refractivity contribution in [3.63, 3.8) is 0 Å². The SMILES string of the molecule is CC(N)CC(C)NC(=O)c1cccc(O)c1O. The molecule has 0 heterocycles. The van der Waals surface area contributed by atoms with Gasteiger partial charge in [-0.3, -0.25) is 4.79 Å². The lowest BCUT2D eigenvalue weighted by atomic mass is 10.1. The fraction of sp³-hybridized carbons (Fsp3) is 0.417. The van der Waals surface area contributed by atoms with Crippen molar-refractivity contribution in [2.75, 3.05) is 0 Å². The summed E-state index contributed by atoms with van der Waals surface area (Å²) in [6, 6.07) is 4.16. The first kappa shape index (κ1) is 13.3. The van der Waals surface area contributed by atoms with Crippen LogP contribution in [0.2, 0.25) is 0 Å². The van der Waals surface area contributed by atoms with Crippen LogP contribution in [0, 0.1) is 0 Å². The maximum Gasteiger partial charge on any atom is 0.255 e. The Kier molecular flexibility index (Phi) is 4.34. The summed E-state index contributed by atoms with van der Waals surface area (Å²) >= 11 is 0. The third-order valence-electron chi connectivity index (χ3n) is 2.36. The van der Waals surface area contributed by atoms with Crippen molar-refractivity contribution in [3.05, 3.63) is 23.8 Å². The molecule has 0 saturated heterocycles. The number of phenolic OH excluding ortho intramolecular Hbond substituents is 2. The first-order valence-electron chi connectivity index (χ1n) is 5.49. The van der Waals surface area contributed by atoms with E-state index in [-0.39, 0.29) is 23.4 Å². The van der Waals surface area contributed by atoms with Gasteiger partial charge in [0.05, 0.1) is 5.56 Å². The molecule has 1 rings (SSSR count). The van der Waals surface area contributed by atoms with Gasteiger partial charge < -0.3 is 21.3 Å². The van der Waals surface area contributed by atoms with E-state index in [0.29, 0.717) is 6.42 Å². The Hall–Kier alpha value is -1.75. The molecule has 0 spiro atoms. The maximum absolute atomic E-state index is 11.8. The van der Waals surface area contributed by atoms with E-state index in [1.165, 1.54) is 18.2 Å². The minimum Gasteiger partial charge on any atom is -0.504 e. The Morgan fingerprint density at radius 3 is 2.65 bits per heavy atom. The number of rotatable bonds is 4. The molecular formula is C12H18N2O3. The zero-order valence-corrected chi connectivity index (χ0v) is 9.97. The fourth-order valence-electron chi connectivity index (χ4n) is 1.63. The second-order valence-electron chi connectivity index (χ2n) is 4.26. The van der Waals surface area contributed by atoms with E-state index >= 15 is 0 Å². The molecule has 0 bridgehead atoms. The third-order valence-corrected chi connectivity index (χ3v) is 2.36. The number of amides is 1. The number of para-hydroxylation sites is 1. The van der Waals surface area contributed by atoms with E-state index < -0.39 is 11.7 Å². The summed E-state index contributed by atoms with van der Waals surface area (Å²) in [5.41, 5.74) is 5.68. The van der Waals surface area contributed by atoms with Crippen molar-refractivity contribution in [1.29, 1.82) is 0 Å². The van der Waals surface area contributed by atoms with E-state index in [0.717, 1.165) is 0 Å². The number of carbonyl (C=O) groups is 1. The number of nitrogens with two attached hydrogens (primary N) is 1. The van der Waals surface area contributed by atoms with Gasteiger partial charge in [-0.15, -0.1) is 0 Å². The first-order valence-corrected chi connectivity index (χ1v) is 5.49. The summed E-state index contributed by atoms with van der Waals surface area (Å²) in [5, 5.41) is 21.5. The fourth-order valence-corrected chi connectivity index (χ4v) is 1.63. The molecule has 0 aromatic heterocycles. The number of hydrogen-bond donors (Lipinski definition) is 4. The highest BCUT2D eigenvalue weighted by Gasteiger charge is 2.16. The topological polar surface area (TPSA) is 95.6 Å². The van der Waals surface area contributed by atoms with Crippen molar-refractivity contribution in [3.8, 4) is 11.5 Å². The van der Waals surface area contributed by atoms with Crippen molar-refractivity contribution >= 4 is 5.91 Å². The molecule has 2 atom stereocenters. The smallest absolute Gasteiger partial charge is 0.255 e. The molecule has 94 valence electrons. The normalized spacial score (nSPS) is 14.1. The number of phenols is 2. The summed E-state index contributed by atoms with van der Waals surface area (Å²) in [6.45, 7) is 3.69. The monoisotopic (exact) mass is 238 g/mol. The zero-order valence-electron chi connectivity index (χ0n) is 9.97. The molecule has 0 aliphatic carbocycles. The summed E-state index contributed by atoms with van der Waals surface area (Å²) in [5.74, 6) is -1.14. The quantitative estimate of drug-likeness (QED) is 0.587. The van der Waals surface area contributed by atoms with E-state index in [1.807, 2.05) is 13.8 Å². The molecule has 2 unspecified atom stereocenters. The predicted molar refractivity (Wildman–Crippen MR) is 65.0 cm³/mol. The van der Waals surface area contributed by atoms with Gasteiger partial charge in [-0.05, 0) is 32.4 Å². The summed E-state index contributed by atoms with van der Waals surface area (Å²) in [6.07, 6.45) is 0.644. The van der Waals surface area contributed by atoms with E-state index in [9.17, 15) is 15.0 Å². The van der Waals surface area contributed by atoms with Crippen LogP contribution in [-0.2, 0) is 0 Å². The van der Waals surface area contributed by atoms with Crippen LogP contribution in [0.5, 0.6) is 11.5 Å². The number of nitrogens with one attached hydrogen (secondary N) is 1. The van der Waals surface area contributed by atoms with E-state index in [2.05, 4.69) is 5.32 Å². The van der Waals surface area contributed by atoms with Gasteiger partial charge in [0, 0.05) is 12.1 Å². The number of aromatic hydroxyl groups is 2. The van der Waals surface area contributed by atoms with Crippen LogP contribution in [0.1, 0.15) is 30.6 Å². The molecule has 5 heteroatoms. The Morgan fingerprint density at radius 2 is 2.06 bits per heavy atom. The minimum atomic E-state index is -0.424. The van der Waals surface area contributed by atoms with Gasteiger partial charge in [0.15, 0.2) is 11.5 Å². The van der Waals surface area contributed by atoms with Gasteiger partial charge in [0.1, 0.15) is 0 Å². The van der Waals surface area contributed by atoms with Gasteiger partial charge >= 0.3 is 0 Å². The standard InChI is InChI=1S/C12H18N2O3/c1-7(13)6-8(2)14-12(17)9-4-3-5-10(15)11(9)16/h3-5,7-8,15-16H,6,13H2,1-2H3,(H,14,17). The van der Waals surface area contributed by atoms with Crippen LogP contribution in [0.4, 0.5) is 0 Å². The summed E-state index contributed by atoms with van der Waals surface area (Å²) < 4.78 is 0. The lowest BCUT2D eigenvalue weighted by molar-refractivity contribution is 0.0934. The Balaban J connectivity index is 2.73. The molecule has 0 aliphatic rings. The van der Waals surface area contributed by atoms with Crippen molar-refractivity contribution in [1.82, 2.24) is 5.32 Å². The second kappa shape index (κ2) is 5.54. The van der Waals surface area contributed by atoms with Crippen molar-refractivity contribution in [2.24, 2.45) is 5.73 Å². The number of hydrogen-bond acceptors (Lipinski definition) is 4. The number of carbonyl (C=O) groups excluding carboxylic acids is 1. The van der Waals surface area contributed by atoms with Gasteiger partial charge in [0.25, 0.3) is 5.91 Å². The first-order chi connectivity index (χ1) is 7.91. The Morgan fingerprint density at radius 1 is 1.41 bits per heavy atom. The van der Waals surface area contributed by atoms with E-state index in [1.54, 1.807) is 0 Å². The van der Waals surface area contributed by atoms with Crippen LogP contribution in [-0.4, -0.2) is 28.2 Å². The molecule has 0 saturated carbocycles. The number of benzene rings is 1. The third kappa shape index (κ3) is 3.64. The molecule has 5 nitrogen and oxygen atoms in total. The Bertz CT molecular complexity index is 405. The molecule has 5 N–H and O–H groups in total. The van der Waals surface area contributed by atoms with Crippen LogP contribution in [0.25, 0.3) is 0 Å². The lowest BCUT2D eigenvalue weighted by Gasteiger charge is -2.16. The molecule has 0 aliphatic heterocycles. The zero-order chi connectivity index (χ0) is 13.0. The molecule has 1 aromatic rings. The molecule has 1 amide bonds. The van der Waals surface area contributed by atoms with Crippen LogP contribution < -0.4 is 11.1 Å². The minimum absolute atomic E-state index is 0.0110. The van der Waals surface area contributed by atoms with Crippen LogP contribution >= 0.6 is 0 Å². The highest BCUT2D eigenvalue weighted by atomic mass is 16.3. The van der Waals surface area contributed by atoms with Crippen molar-refractivity contribution < 1.29 is 15.0 Å². The highest BCUT2D eigenvalue weighted by Crippen LogP contribution is 2.27. The molecule has 0 radical (unpaired) electrons. The van der Waals surface area contributed by atoms with Gasteiger partial charge in [-0.2, -0.15) is 0 Å². The average molecular weight is 238 g/mol.